The van der Waals surface area contributed by atoms with Gasteiger partial charge in [0.1, 0.15) is 11.3 Å². The van der Waals surface area contributed by atoms with E-state index in [-0.39, 0.29) is 17.0 Å². The van der Waals surface area contributed by atoms with Crippen LogP contribution in [-0.2, 0) is 9.47 Å². The van der Waals surface area contributed by atoms with Gasteiger partial charge < -0.3 is 18.9 Å². The Bertz CT molecular complexity index is 1090. The lowest BCUT2D eigenvalue weighted by Crippen LogP contribution is -2.15. The van der Waals surface area contributed by atoms with Crippen LogP contribution in [0.5, 0.6) is 11.5 Å². The molecule has 2 aromatic carbocycles. The minimum absolute atomic E-state index is 0.00350. The van der Waals surface area contributed by atoms with Crippen molar-refractivity contribution in [3.8, 4) is 28.4 Å². The summed E-state index contributed by atoms with van der Waals surface area (Å²) in [6.07, 6.45) is 0. The van der Waals surface area contributed by atoms with Gasteiger partial charge in [0.15, 0.2) is 17.2 Å². The van der Waals surface area contributed by atoms with E-state index in [0.29, 0.717) is 22.7 Å². The highest BCUT2D eigenvalue weighted by Crippen LogP contribution is 2.38. The zero-order valence-electron chi connectivity index (χ0n) is 16.8. The zero-order chi connectivity index (χ0) is 21.8. The Labute approximate surface area is 186 Å². The molecule has 0 aliphatic carbocycles. The quantitative estimate of drug-likeness (QED) is 0.360. The molecule has 0 atom stereocenters. The summed E-state index contributed by atoms with van der Waals surface area (Å²) in [5, 5.41) is 4.58. The summed E-state index contributed by atoms with van der Waals surface area (Å²) in [5.41, 5.74) is 1.36. The molecule has 30 heavy (non-hydrogen) atoms. The molecular formula is C21H19IN2O6. The van der Waals surface area contributed by atoms with Gasteiger partial charge in [-0.2, -0.15) is 5.10 Å². The number of hydrogen-bond donors (Lipinski definition) is 0. The predicted molar refractivity (Wildman–Crippen MR) is 118 cm³/mol. The van der Waals surface area contributed by atoms with E-state index in [2.05, 4.69) is 27.7 Å². The minimum Gasteiger partial charge on any atom is -0.493 e. The molecule has 9 heteroatoms. The Morgan fingerprint density at radius 3 is 2.17 bits per heavy atom. The maximum absolute atomic E-state index is 12.7. The molecular weight excluding hydrogens is 503 g/mol. The minimum atomic E-state index is -0.715. The molecule has 0 unspecified atom stereocenters. The summed E-state index contributed by atoms with van der Waals surface area (Å²) in [6.45, 7) is 0. The summed E-state index contributed by atoms with van der Waals surface area (Å²) >= 11 is 2.10. The maximum Gasteiger partial charge on any atom is 0.357 e. The Hall–Kier alpha value is -3.08. The fourth-order valence-electron chi connectivity index (χ4n) is 3.01. The van der Waals surface area contributed by atoms with Crippen LogP contribution < -0.4 is 9.47 Å². The van der Waals surface area contributed by atoms with Gasteiger partial charge in [0.25, 0.3) is 0 Å². The number of aromatic nitrogens is 2. The van der Waals surface area contributed by atoms with E-state index in [9.17, 15) is 9.59 Å². The second-order valence-electron chi connectivity index (χ2n) is 6.00. The summed E-state index contributed by atoms with van der Waals surface area (Å²) in [5.74, 6) is -0.410. The van der Waals surface area contributed by atoms with Gasteiger partial charge in [0, 0.05) is 5.56 Å². The second kappa shape index (κ2) is 9.16. The Balaban J connectivity index is 2.38. The number of carbonyl (C=O) groups is 2. The first-order valence-corrected chi connectivity index (χ1v) is 9.81. The van der Waals surface area contributed by atoms with Crippen LogP contribution in [0.1, 0.15) is 20.8 Å². The van der Waals surface area contributed by atoms with Gasteiger partial charge in [0.2, 0.25) is 0 Å². The molecule has 3 rings (SSSR count). The molecule has 0 N–H and O–H groups in total. The van der Waals surface area contributed by atoms with Crippen LogP contribution in [0.4, 0.5) is 0 Å². The Kier molecular flexibility index (Phi) is 6.60. The third-order valence-electron chi connectivity index (χ3n) is 4.36. The van der Waals surface area contributed by atoms with Gasteiger partial charge >= 0.3 is 11.9 Å². The molecule has 0 radical (unpaired) electrons. The largest absolute Gasteiger partial charge is 0.493 e. The Morgan fingerprint density at radius 1 is 0.933 bits per heavy atom. The van der Waals surface area contributed by atoms with Crippen molar-refractivity contribution < 1.29 is 28.5 Å². The van der Waals surface area contributed by atoms with Crippen LogP contribution in [-0.4, -0.2) is 50.2 Å². The highest BCUT2D eigenvalue weighted by Gasteiger charge is 2.32. The summed E-state index contributed by atoms with van der Waals surface area (Å²) in [4.78, 5) is 25.4. The van der Waals surface area contributed by atoms with Gasteiger partial charge in [0.05, 0.1) is 37.7 Å². The number of para-hydroxylation sites is 1. The Morgan fingerprint density at radius 2 is 1.60 bits per heavy atom. The van der Waals surface area contributed by atoms with Crippen molar-refractivity contribution in [1.29, 1.82) is 0 Å². The SMILES string of the molecule is COC(=O)c1c(-c2cc(I)c(OC)c(OC)c2)nn(-c2ccccc2)c1C(=O)OC. The number of hydrogen-bond acceptors (Lipinski definition) is 7. The van der Waals surface area contributed by atoms with E-state index in [0.717, 1.165) is 3.57 Å². The molecule has 0 aliphatic rings. The van der Waals surface area contributed by atoms with Gasteiger partial charge in [-0.25, -0.2) is 14.3 Å². The third kappa shape index (κ3) is 3.84. The van der Waals surface area contributed by atoms with Crippen molar-refractivity contribution in [3.05, 3.63) is 57.3 Å². The first-order valence-electron chi connectivity index (χ1n) is 8.73. The second-order valence-corrected chi connectivity index (χ2v) is 7.16. The molecule has 0 amide bonds. The average Bonchev–Trinajstić information content (AvgIpc) is 3.18. The van der Waals surface area contributed by atoms with Crippen LogP contribution in [0.25, 0.3) is 16.9 Å². The van der Waals surface area contributed by atoms with Crippen LogP contribution in [0.15, 0.2) is 42.5 Å². The number of benzene rings is 2. The molecule has 8 nitrogen and oxygen atoms in total. The smallest absolute Gasteiger partial charge is 0.357 e. The number of rotatable bonds is 6. The summed E-state index contributed by atoms with van der Waals surface area (Å²) < 4.78 is 22.8. The highest BCUT2D eigenvalue weighted by atomic mass is 127. The molecule has 1 aromatic heterocycles. The predicted octanol–water partition coefficient (Wildman–Crippen LogP) is 3.73. The molecule has 1 heterocycles. The van der Waals surface area contributed by atoms with Crippen molar-refractivity contribution in [2.45, 2.75) is 0 Å². The number of methoxy groups -OCH3 is 4. The van der Waals surface area contributed by atoms with Gasteiger partial charge in [-0.1, -0.05) is 18.2 Å². The first-order chi connectivity index (χ1) is 14.5. The van der Waals surface area contributed by atoms with Gasteiger partial charge in [-0.3, -0.25) is 0 Å². The number of nitrogens with zero attached hydrogens (tertiary/aromatic N) is 2. The molecule has 0 spiro atoms. The van der Waals surface area contributed by atoms with Gasteiger partial charge in [-0.05, 0) is 46.9 Å². The van der Waals surface area contributed by atoms with Crippen LogP contribution in [0.2, 0.25) is 0 Å². The van der Waals surface area contributed by atoms with Crippen LogP contribution in [0, 0.1) is 3.57 Å². The van der Waals surface area contributed by atoms with Crippen LogP contribution >= 0.6 is 22.6 Å². The first kappa shape index (κ1) is 21.6. The van der Waals surface area contributed by atoms with E-state index >= 15 is 0 Å². The van der Waals surface area contributed by atoms with Crippen molar-refractivity contribution in [3.63, 3.8) is 0 Å². The molecule has 156 valence electrons. The number of ether oxygens (including phenoxy) is 4. The third-order valence-corrected chi connectivity index (χ3v) is 5.16. The lowest BCUT2D eigenvalue weighted by Gasteiger charge is -2.11. The lowest BCUT2D eigenvalue weighted by molar-refractivity contribution is 0.0549. The summed E-state index contributed by atoms with van der Waals surface area (Å²) in [6, 6.07) is 12.4. The molecule has 0 saturated heterocycles. The van der Waals surface area contributed by atoms with Gasteiger partial charge in [-0.15, -0.1) is 0 Å². The lowest BCUT2D eigenvalue weighted by atomic mass is 10.0. The zero-order valence-corrected chi connectivity index (χ0v) is 18.9. The van der Waals surface area contributed by atoms with E-state index in [4.69, 9.17) is 18.9 Å². The molecule has 0 saturated carbocycles. The normalized spacial score (nSPS) is 10.4. The van der Waals surface area contributed by atoms with Crippen molar-refractivity contribution in [2.75, 3.05) is 28.4 Å². The fourth-order valence-corrected chi connectivity index (χ4v) is 3.83. The monoisotopic (exact) mass is 522 g/mol. The molecule has 0 aliphatic heterocycles. The average molecular weight is 522 g/mol. The highest BCUT2D eigenvalue weighted by molar-refractivity contribution is 14.1. The van der Waals surface area contributed by atoms with E-state index in [1.54, 1.807) is 43.5 Å². The topological polar surface area (TPSA) is 88.9 Å². The van der Waals surface area contributed by atoms with E-state index in [1.807, 2.05) is 6.07 Å². The van der Waals surface area contributed by atoms with Crippen LogP contribution in [0.3, 0.4) is 0 Å². The van der Waals surface area contributed by atoms with Crippen molar-refractivity contribution in [2.24, 2.45) is 0 Å². The number of halogens is 1. The molecule has 0 bridgehead atoms. The summed E-state index contributed by atoms with van der Waals surface area (Å²) in [7, 11) is 5.54. The number of carbonyl (C=O) groups excluding carboxylic acids is 2. The number of esters is 2. The standard InChI is InChI=1S/C21H19IN2O6/c1-27-15-11-12(10-14(22)19(15)28-2)17-16(20(25)29-3)18(21(26)30-4)24(23-17)13-8-6-5-7-9-13/h5-11H,1-4H3. The maximum atomic E-state index is 12.7. The van der Waals surface area contributed by atoms with Crippen molar-refractivity contribution >= 4 is 34.5 Å². The molecule has 0 fully saturated rings. The van der Waals surface area contributed by atoms with E-state index < -0.39 is 11.9 Å². The van der Waals surface area contributed by atoms with E-state index in [1.165, 1.54) is 26.0 Å². The molecule has 3 aromatic rings. The van der Waals surface area contributed by atoms with Crippen molar-refractivity contribution in [1.82, 2.24) is 9.78 Å². The fraction of sp³-hybridized carbons (Fsp3) is 0.190.